The summed E-state index contributed by atoms with van der Waals surface area (Å²) in [6.07, 6.45) is -2.57. The molecule has 0 radical (unpaired) electrons. The van der Waals surface area contributed by atoms with Crippen molar-refractivity contribution in [2.75, 3.05) is 0 Å². The van der Waals surface area contributed by atoms with E-state index in [2.05, 4.69) is 4.72 Å². The Bertz CT molecular complexity index is 436. The lowest BCUT2D eigenvalue weighted by atomic mass is 9.93. The molecule has 0 aliphatic heterocycles. The molecule has 0 spiro atoms. The summed E-state index contributed by atoms with van der Waals surface area (Å²) in [7, 11) is -1.95. The van der Waals surface area contributed by atoms with Crippen LogP contribution in [0.25, 0.3) is 0 Å². The van der Waals surface area contributed by atoms with Crippen molar-refractivity contribution < 1.29 is 26.9 Å². The van der Waals surface area contributed by atoms with Crippen LogP contribution in [0.2, 0.25) is 0 Å². The smallest absolute Gasteiger partial charge is 0.405 e. The third kappa shape index (κ3) is 9.03. The summed E-state index contributed by atoms with van der Waals surface area (Å²) in [5, 5.41) is 0. The summed E-state index contributed by atoms with van der Waals surface area (Å²) in [5.74, 6) is -2.29. The van der Waals surface area contributed by atoms with E-state index in [1.807, 2.05) is 6.92 Å². The molecule has 0 aliphatic carbocycles. The maximum absolute atomic E-state index is 13.6. The van der Waals surface area contributed by atoms with Crippen molar-refractivity contribution >= 4 is 17.0 Å². The summed E-state index contributed by atoms with van der Waals surface area (Å²) in [5.41, 5.74) is 0. The van der Waals surface area contributed by atoms with Crippen molar-refractivity contribution in [1.29, 1.82) is 0 Å². The standard InChI is InChI=1S/C17H32F3NO3S/c1-7-9-10-11-13(15(22)24-12(3)8-2)14(17(18,19)20)21-25(23)16(4,5)6/h12-14,21H,7-11H2,1-6H3/t12?,13-,14-,25-/m1/s1. The van der Waals surface area contributed by atoms with Crippen LogP contribution in [-0.2, 0) is 20.5 Å². The van der Waals surface area contributed by atoms with Crippen LogP contribution >= 0.6 is 0 Å². The molecule has 0 aromatic rings. The van der Waals surface area contributed by atoms with Crippen molar-refractivity contribution in [2.24, 2.45) is 5.92 Å². The number of esters is 1. The van der Waals surface area contributed by atoms with Gasteiger partial charge in [0.1, 0.15) is 6.04 Å². The van der Waals surface area contributed by atoms with Gasteiger partial charge in [0.2, 0.25) is 0 Å². The fourth-order valence-corrected chi connectivity index (χ4v) is 2.96. The number of halogens is 3. The highest BCUT2D eigenvalue weighted by atomic mass is 32.2. The van der Waals surface area contributed by atoms with Crippen molar-refractivity contribution in [1.82, 2.24) is 4.72 Å². The molecule has 150 valence electrons. The van der Waals surface area contributed by atoms with Gasteiger partial charge in [-0.1, -0.05) is 33.1 Å². The van der Waals surface area contributed by atoms with E-state index in [-0.39, 0.29) is 6.42 Å². The minimum absolute atomic E-state index is 0.0433. The number of hydrogen-bond acceptors (Lipinski definition) is 3. The van der Waals surface area contributed by atoms with Crippen molar-refractivity contribution in [3.05, 3.63) is 0 Å². The Hall–Kier alpha value is -0.630. The molecule has 25 heavy (non-hydrogen) atoms. The number of ether oxygens (including phenoxy) is 1. The SMILES string of the molecule is CCCCC[C@@H](C(=O)OC(C)CC)[C@@H](N[S@](=O)C(C)(C)C)C(F)(F)F. The maximum atomic E-state index is 13.6. The monoisotopic (exact) mass is 387 g/mol. The number of hydrogen-bond donors (Lipinski definition) is 1. The van der Waals surface area contributed by atoms with Gasteiger partial charge in [0, 0.05) is 0 Å². The third-order valence-electron chi connectivity index (χ3n) is 3.86. The van der Waals surface area contributed by atoms with E-state index in [1.54, 1.807) is 34.6 Å². The van der Waals surface area contributed by atoms with Gasteiger partial charge in [-0.3, -0.25) is 4.79 Å². The summed E-state index contributed by atoms with van der Waals surface area (Å²) in [6, 6.07) is -2.19. The lowest BCUT2D eigenvalue weighted by Crippen LogP contribution is -2.54. The summed E-state index contributed by atoms with van der Waals surface area (Å²) in [6.45, 7) is 10.1. The van der Waals surface area contributed by atoms with E-state index >= 15 is 0 Å². The Morgan fingerprint density at radius 2 is 1.72 bits per heavy atom. The zero-order chi connectivity index (χ0) is 19.8. The molecule has 0 fully saturated rings. The van der Waals surface area contributed by atoms with Crippen LogP contribution in [0.15, 0.2) is 0 Å². The second kappa shape index (κ2) is 10.5. The van der Waals surface area contributed by atoms with Crippen LogP contribution in [0.1, 0.15) is 73.6 Å². The number of carbonyl (C=O) groups is 1. The first-order valence-corrected chi connectivity index (χ1v) is 9.94. The van der Waals surface area contributed by atoms with Gasteiger partial charge in [-0.2, -0.15) is 13.2 Å². The van der Waals surface area contributed by atoms with Crippen LogP contribution in [0, 0.1) is 5.92 Å². The largest absolute Gasteiger partial charge is 0.462 e. The topological polar surface area (TPSA) is 55.4 Å². The molecule has 0 aromatic heterocycles. The molecule has 4 atom stereocenters. The molecule has 4 nitrogen and oxygen atoms in total. The Balaban J connectivity index is 5.50. The first kappa shape index (κ1) is 24.4. The number of nitrogens with one attached hydrogen (secondary N) is 1. The first-order chi connectivity index (χ1) is 11.3. The minimum atomic E-state index is -4.70. The van der Waals surface area contributed by atoms with E-state index in [9.17, 15) is 22.2 Å². The summed E-state index contributed by atoms with van der Waals surface area (Å²) < 4.78 is 59.4. The molecule has 8 heteroatoms. The molecule has 0 aromatic carbocycles. The molecule has 0 aliphatic rings. The normalized spacial score (nSPS) is 17.6. The molecule has 1 N–H and O–H groups in total. The predicted octanol–water partition coefficient (Wildman–Crippen LogP) is 4.51. The van der Waals surface area contributed by atoms with Crippen LogP contribution in [0.3, 0.4) is 0 Å². The molecule has 0 saturated carbocycles. The molecule has 0 saturated heterocycles. The van der Waals surface area contributed by atoms with Gasteiger partial charge >= 0.3 is 12.1 Å². The van der Waals surface area contributed by atoms with Crippen molar-refractivity contribution in [3.8, 4) is 0 Å². The maximum Gasteiger partial charge on any atom is 0.405 e. The van der Waals surface area contributed by atoms with Gasteiger partial charge in [-0.05, 0) is 40.5 Å². The van der Waals surface area contributed by atoms with E-state index in [0.717, 1.165) is 12.8 Å². The fraction of sp³-hybridized carbons (Fsp3) is 0.941. The van der Waals surface area contributed by atoms with Gasteiger partial charge < -0.3 is 4.74 Å². The molecule has 1 unspecified atom stereocenters. The van der Waals surface area contributed by atoms with Gasteiger partial charge in [0.15, 0.2) is 0 Å². The highest BCUT2D eigenvalue weighted by Crippen LogP contribution is 2.31. The van der Waals surface area contributed by atoms with Crippen molar-refractivity contribution in [2.45, 2.75) is 96.7 Å². The third-order valence-corrected chi connectivity index (χ3v) is 5.44. The molecular weight excluding hydrogens is 355 g/mol. The minimum Gasteiger partial charge on any atom is -0.462 e. The summed E-state index contributed by atoms with van der Waals surface area (Å²) >= 11 is 0. The number of alkyl halides is 3. The quantitative estimate of drug-likeness (QED) is 0.443. The average molecular weight is 388 g/mol. The summed E-state index contributed by atoms with van der Waals surface area (Å²) in [4.78, 5) is 12.4. The van der Waals surface area contributed by atoms with Gasteiger partial charge in [0.05, 0.1) is 27.8 Å². The average Bonchev–Trinajstić information content (AvgIpc) is 2.47. The highest BCUT2D eigenvalue weighted by Gasteiger charge is 2.49. The van der Waals surface area contributed by atoms with Gasteiger partial charge in [0.25, 0.3) is 0 Å². The fourth-order valence-electron chi connectivity index (χ4n) is 2.07. The van der Waals surface area contributed by atoms with Crippen LogP contribution in [-0.4, -0.2) is 33.2 Å². The first-order valence-electron chi connectivity index (χ1n) is 8.79. The lowest BCUT2D eigenvalue weighted by Gasteiger charge is -2.31. The number of unbranched alkanes of at least 4 members (excludes halogenated alkanes) is 2. The van der Waals surface area contributed by atoms with E-state index in [4.69, 9.17) is 4.74 Å². The van der Waals surface area contributed by atoms with Gasteiger partial charge in [-0.25, -0.2) is 8.93 Å². The molecule has 0 bridgehead atoms. The Kier molecular flexibility index (Phi) is 10.2. The zero-order valence-corrected chi connectivity index (χ0v) is 16.9. The van der Waals surface area contributed by atoms with Gasteiger partial charge in [-0.15, -0.1) is 0 Å². The second-order valence-electron chi connectivity index (χ2n) is 7.28. The lowest BCUT2D eigenvalue weighted by molar-refractivity contribution is -0.182. The van der Waals surface area contributed by atoms with Crippen molar-refractivity contribution in [3.63, 3.8) is 0 Å². The zero-order valence-electron chi connectivity index (χ0n) is 16.0. The second-order valence-corrected chi connectivity index (χ2v) is 9.27. The van der Waals surface area contributed by atoms with Crippen LogP contribution in [0.5, 0.6) is 0 Å². The number of rotatable bonds is 10. The van der Waals surface area contributed by atoms with E-state index in [1.165, 1.54) is 0 Å². The Labute approximate surface area is 151 Å². The van der Waals surface area contributed by atoms with Crippen LogP contribution < -0.4 is 4.72 Å². The molecule has 0 rings (SSSR count). The van der Waals surface area contributed by atoms with Crippen LogP contribution in [0.4, 0.5) is 13.2 Å². The molecule has 0 heterocycles. The molecule has 0 amide bonds. The predicted molar refractivity (Wildman–Crippen MR) is 94.4 cm³/mol. The molecular formula is C17H32F3NO3S. The Morgan fingerprint density at radius 3 is 2.12 bits per heavy atom. The van der Waals surface area contributed by atoms with E-state index in [0.29, 0.717) is 12.8 Å². The van der Waals surface area contributed by atoms with E-state index < -0.39 is 45.9 Å². The Morgan fingerprint density at radius 1 is 1.16 bits per heavy atom. The number of carbonyl (C=O) groups excluding carboxylic acids is 1. The highest BCUT2D eigenvalue weighted by molar-refractivity contribution is 7.84.